The Morgan fingerprint density at radius 3 is 1.47 bits per heavy atom. The Bertz CT molecular complexity index is 1030. The second-order valence-corrected chi connectivity index (χ2v) is 26.7. The minimum atomic E-state index is -4.60. The van der Waals surface area contributed by atoms with Gasteiger partial charge in [-0.3, -0.25) is 0 Å². The molecule has 0 rings (SSSR count). The van der Waals surface area contributed by atoms with E-state index < -0.39 is 83.5 Å². The van der Waals surface area contributed by atoms with Crippen LogP contribution < -0.4 is 0 Å². The molecule has 20 heteroatoms. The van der Waals surface area contributed by atoms with Crippen LogP contribution in [0.4, 0.5) is 26.3 Å². The van der Waals surface area contributed by atoms with E-state index in [1.54, 1.807) is 13.1 Å². The van der Waals surface area contributed by atoms with Crippen LogP contribution in [0.3, 0.4) is 0 Å². The summed E-state index contributed by atoms with van der Waals surface area (Å²) in [6, 6.07) is -0.917. The van der Waals surface area contributed by atoms with Crippen LogP contribution >= 0.6 is 0 Å². The highest BCUT2D eigenvalue weighted by Crippen LogP contribution is 2.40. The number of halogens is 6. The number of esters is 2. The lowest BCUT2D eigenvalue weighted by Crippen LogP contribution is -2.64. The van der Waals surface area contributed by atoms with Gasteiger partial charge in [-0.1, -0.05) is 13.2 Å². The lowest BCUT2D eigenvalue weighted by Gasteiger charge is -2.45. The second-order valence-electron chi connectivity index (χ2n) is 11.6. The number of alkyl halides is 6. The SMILES string of the molecule is C=C(C)C(=O)OCCC[Si](C)(OC)O[Si](CCCOC(=O)C(=C)C)(C[Si](C)(CCC(F)(F)F)OC)O[Si](CCC(F)(F)F)(OC)OC. The highest BCUT2D eigenvalue weighted by atomic mass is 28.5. The standard InChI is InChI=1S/C27H50F6O10Si4/c1-22(2)24(34)40-15-11-17-45(10,37-6)42-46(18-12-16-41-25(35)23(3)4,21-44(9,36-5)19-13-26(28,29)30)43-47(38-7,39-8)20-14-27(31,32)33/h1,3,11-21H2,2,4-10H3. The first-order valence-electron chi connectivity index (χ1n) is 14.8. The molecule has 0 aromatic rings. The van der Waals surface area contributed by atoms with E-state index in [0.717, 1.165) is 14.2 Å². The number of hydrogen-bond acceptors (Lipinski definition) is 10. The van der Waals surface area contributed by atoms with E-state index >= 15 is 0 Å². The highest BCUT2D eigenvalue weighted by molar-refractivity contribution is 6.94. The molecule has 47 heavy (non-hydrogen) atoms. The molecule has 0 aliphatic rings. The summed E-state index contributed by atoms with van der Waals surface area (Å²) in [6.45, 7) is 13.0. The molecule has 0 amide bonds. The Kier molecular flexibility index (Phi) is 19.1. The zero-order valence-electron chi connectivity index (χ0n) is 28.5. The molecule has 0 saturated heterocycles. The van der Waals surface area contributed by atoms with Gasteiger partial charge < -0.3 is 35.4 Å². The molecule has 0 aliphatic heterocycles. The van der Waals surface area contributed by atoms with E-state index in [1.807, 2.05) is 0 Å². The van der Waals surface area contributed by atoms with Crippen molar-refractivity contribution in [1.29, 1.82) is 0 Å². The van der Waals surface area contributed by atoms with Gasteiger partial charge in [0.25, 0.3) is 0 Å². The van der Waals surface area contributed by atoms with Crippen molar-refractivity contribution in [3.05, 3.63) is 24.3 Å². The Balaban J connectivity index is 6.95. The molecule has 0 aromatic carbocycles. The smallest absolute Gasteiger partial charge is 0.462 e. The van der Waals surface area contributed by atoms with Gasteiger partial charge in [-0.15, -0.1) is 0 Å². The monoisotopic (exact) mass is 760 g/mol. The van der Waals surface area contributed by atoms with E-state index in [4.69, 9.17) is 35.4 Å². The zero-order valence-corrected chi connectivity index (χ0v) is 32.5. The maximum absolute atomic E-state index is 13.4. The maximum atomic E-state index is 13.4. The van der Waals surface area contributed by atoms with Crippen LogP contribution in [-0.4, -0.2) is 100 Å². The molecule has 10 nitrogen and oxygen atoms in total. The largest absolute Gasteiger partial charge is 0.491 e. The summed E-state index contributed by atoms with van der Waals surface area (Å²) >= 11 is 0. The van der Waals surface area contributed by atoms with Crippen molar-refractivity contribution in [2.24, 2.45) is 0 Å². The van der Waals surface area contributed by atoms with Gasteiger partial charge in [-0.05, 0) is 57.9 Å². The number of carbonyl (C=O) groups excluding carboxylic acids is 2. The highest BCUT2D eigenvalue weighted by Gasteiger charge is 2.57. The van der Waals surface area contributed by atoms with Crippen molar-refractivity contribution in [2.45, 2.75) is 94.8 Å². The molecule has 0 aromatic heterocycles. The summed E-state index contributed by atoms with van der Waals surface area (Å²) in [5.41, 5.74) is 0.171. The van der Waals surface area contributed by atoms with Crippen LogP contribution in [0.1, 0.15) is 39.5 Å². The quantitative estimate of drug-likeness (QED) is 0.0333. The topological polar surface area (TPSA) is 108 Å². The van der Waals surface area contributed by atoms with Gasteiger partial charge in [0.2, 0.25) is 0 Å². The van der Waals surface area contributed by atoms with Gasteiger partial charge in [0.15, 0.2) is 8.32 Å². The Hall–Kier alpha value is -1.37. The molecule has 0 spiro atoms. The van der Waals surface area contributed by atoms with E-state index in [9.17, 15) is 35.9 Å². The average Bonchev–Trinajstić information content (AvgIpc) is 2.97. The lowest BCUT2D eigenvalue weighted by molar-refractivity contribution is -0.139. The van der Waals surface area contributed by atoms with Gasteiger partial charge in [0.1, 0.15) is 0 Å². The third-order valence-electron chi connectivity index (χ3n) is 7.23. The lowest BCUT2D eigenvalue weighted by atomic mass is 10.4. The fourth-order valence-electron chi connectivity index (χ4n) is 4.42. The molecule has 3 unspecified atom stereocenters. The fourth-order valence-corrected chi connectivity index (χ4v) is 25.3. The van der Waals surface area contributed by atoms with Crippen molar-refractivity contribution in [3.8, 4) is 0 Å². The molecular formula is C27H50F6O10Si4. The van der Waals surface area contributed by atoms with Gasteiger partial charge in [0.05, 0.1) is 13.2 Å². The van der Waals surface area contributed by atoms with Crippen LogP contribution in [0.2, 0.25) is 42.9 Å². The third-order valence-corrected chi connectivity index (χ3v) is 26.0. The third kappa shape index (κ3) is 18.3. The maximum Gasteiger partial charge on any atom is 0.491 e. The van der Waals surface area contributed by atoms with Crippen LogP contribution in [-0.2, 0) is 45.0 Å². The summed E-state index contributed by atoms with van der Waals surface area (Å²) < 4.78 is 127. The van der Waals surface area contributed by atoms with Gasteiger partial charge in [0, 0.05) is 64.1 Å². The molecule has 3 atom stereocenters. The van der Waals surface area contributed by atoms with Crippen molar-refractivity contribution < 1.29 is 71.3 Å². The van der Waals surface area contributed by atoms with E-state index in [1.165, 1.54) is 28.1 Å². The average molecular weight is 761 g/mol. The molecule has 0 N–H and O–H groups in total. The van der Waals surface area contributed by atoms with Crippen molar-refractivity contribution in [3.63, 3.8) is 0 Å². The number of carbonyl (C=O) groups is 2. The first-order chi connectivity index (χ1) is 21.4. The Labute approximate surface area is 278 Å². The van der Waals surface area contributed by atoms with E-state index in [2.05, 4.69) is 13.2 Å². The summed E-state index contributed by atoms with van der Waals surface area (Å²) in [7, 11) is -10.1. The predicted molar refractivity (Wildman–Crippen MR) is 171 cm³/mol. The second kappa shape index (κ2) is 19.7. The van der Waals surface area contributed by atoms with E-state index in [0.29, 0.717) is 0 Å². The molecule has 0 aliphatic carbocycles. The molecular weight excluding hydrogens is 711 g/mol. The molecule has 0 heterocycles. The van der Waals surface area contributed by atoms with Crippen molar-refractivity contribution in [2.75, 3.05) is 41.7 Å². The Morgan fingerprint density at radius 2 is 1.09 bits per heavy atom. The summed E-state index contributed by atoms with van der Waals surface area (Å²) in [4.78, 5) is 23.9. The number of hydrogen-bond donors (Lipinski definition) is 0. The molecule has 0 saturated carbocycles. The number of ether oxygens (including phenoxy) is 2. The Morgan fingerprint density at radius 1 is 0.638 bits per heavy atom. The first-order valence-corrected chi connectivity index (χ1v) is 24.3. The van der Waals surface area contributed by atoms with Crippen molar-refractivity contribution >= 4 is 46.2 Å². The first kappa shape index (κ1) is 45.6. The number of rotatable bonds is 24. The summed E-state index contributed by atoms with van der Waals surface area (Å²) in [5.74, 6) is -1.28. The van der Waals surface area contributed by atoms with Crippen molar-refractivity contribution in [1.82, 2.24) is 0 Å². The van der Waals surface area contributed by atoms with Crippen LogP contribution in [0, 0.1) is 0 Å². The van der Waals surface area contributed by atoms with Crippen LogP contribution in [0.15, 0.2) is 24.3 Å². The predicted octanol–water partition coefficient (Wildman–Crippen LogP) is 7.10. The van der Waals surface area contributed by atoms with Crippen LogP contribution in [0.5, 0.6) is 0 Å². The summed E-state index contributed by atoms with van der Waals surface area (Å²) in [5, 5.41) is 0. The molecule has 0 fully saturated rings. The minimum Gasteiger partial charge on any atom is -0.462 e. The van der Waals surface area contributed by atoms with E-state index in [-0.39, 0.29) is 55.0 Å². The summed E-state index contributed by atoms with van der Waals surface area (Å²) in [6.07, 6.45) is -11.3. The normalized spacial score (nSPS) is 16.5. The minimum absolute atomic E-state index is 0.0240. The van der Waals surface area contributed by atoms with Crippen LogP contribution in [0.25, 0.3) is 0 Å². The van der Waals surface area contributed by atoms with Gasteiger partial charge in [-0.25, -0.2) is 9.59 Å². The zero-order chi connectivity index (χ0) is 36.7. The fraction of sp³-hybridized carbons (Fsp3) is 0.778. The molecule has 0 bridgehead atoms. The van der Waals surface area contributed by atoms with Gasteiger partial charge >= 0.3 is 50.2 Å². The molecule has 0 radical (unpaired) electrons. The van der Waals surface area contributed by atoms with Gasteiger partial charge in [-0.2, -0.15) is 26.3 Å². The molecule has 276 valence electrons.